The van der Waals surface area contributed by atoms with Crippen molar-refractivity contribution in [3.8, 4) is 0 Å². The fraction of sp³-hybridized carbons (Fsp3) is 0.240. The number of thiocarbonyl (C=S) groups is 1. The highest BCUT2D eigenvalue weighted by atomic mass is 32.2. The van der Waals surface area contributed by atoms with Gasteiger partial charge in [0.25, 0.3) is 0 Å². The Morgan fingerprint density at radius 2 is 1.69 bits per heavy atom. The summed E-state index contributed by atoms with van der Waals surface area (Å²) in [7, 11) is 0. The fourth-order valence-electron chi connectivity index (χ4n) is 3.99. The van der Waals surface area contributed by atoms with Crippen LogP contribution in [0.25, 0.3) is 10.5 Å². The number of thioether (sulfide) groups is 2. The number of carbonyl (C=O) groups is 2. The maximum atomic E-state index is 12.8. The fourth-order valence-corrected chi connectivity index (χ4v) is 7.12. The van der Waals surface area contributed by atoms with Crippen LogP contribution >= 0.6 is 35.7 Å². The molecule has 0 aliphatic carbocycles. The van der Waals surface area contributed by atoms with E-state index in [4.69, 9.17) is 17.0 Å². The van der Waals surface area contributed by atoms with E-state index < -0.39 is 5.54 Å². The third-order valence-electron chi connectivity index (χ3n) is 5.37. The van der Waals surface area contributed by atoms with E-state index in [9.17, 15) is 9.59 Å². The van der Waals surface area contributed by atoms with Crippen molar-refractivity contribution in [1.82, 2.24) is 0 Å². The van der Waals surface area contributed by atoms with Crippen LogP contribution < -0.4 is 4.90 Å². The Bertz CT molecular complexity index is 1180. The first-order chi connectivity index (χ1) is 15.3. The summed E-state index contributed by atoms with van der Waals surface area (Å²) in [5, 5.41) is 0. The second-order valence-corrected chi connectivity index (χ2v) is 10.6. The minimum absolute atomic E-state index is 0.0594. The van der Waals surface area contributed by atoms with Gasteiger partial charge in [0.05, 0.1) is 26.9 Å². The SMILES string of the molecule is CCOC(=O)C1=C(c2ccccc2)SC(=C2C(=S)C(C)(C)N(C(C)=O)c3ccccc32)S1. The molecule has 2 aromatic carbocycles. The van der Waals surface area contributed by atoms with Gasteiger partial charge in [0.1, 0.15) is 4.91 Å². The predicted molar refractivity (Wildman–Crippen MR) is 138 cm³/mol. The Kier molecular flexibility index (Phi) is 6.34. The molecule has 0 saturated carbocycles. The maximum Gasteiger partial charge on any atom is 0.346 e. The van der Waals surface area contributed by atoms with Crippen LogP contribution in [-0.2, 0) is 14.3 Å². The number of amides is 1. The van der Waals surface area contributed by atoms with E-state index in [1.165, 1.54) is 11.8 Å². The number of ether oxygens (including phenoxy) is 1. The zero-order valence-corrected chi connectivity index (χ0v) is 20.7. The highest BCUT2D eigenvalue weighted by Crippen LogP contribution is 2.58. The molecular formula is C25H23NO3S3. The highest BCUT2D eigenvalue weighted by Gasteiger charge is 2.44. The molecule has 0 N–H and O–H groups in total. The summed E-state index contributed by atoms with van der Waals surface area (Å²) >= 11 is 8.91. The summed E-state index contributed by atoms with van der Waals surface area (Å²) in [6, 6.07) is 17.6. The van der Waals surface area contributed by atoms with E-state index in [0.29, 0.717) is 16.4 Å². The van der Waals surface area contributed by atoms with Gasteiger partial charge in [-0.1, -0.05) is 84.3 Å². The summed E-state index contributed by atoms with van der Waals surface area (Å²) < 4.78 is 6.29. The summed E-state index contributed by atoms with van der Waals surface area (Å²) in [4.78, 5) is 29.3. The molecule has 0 unspecified atom stereocenters. The monoisotopic (exact) mass is 481 g/mol. The van der Waals surface area contributed by atoms with Crippen LogP contribution in [0.5, 0.6) is 0 Å². The van der Waals surface area contributed by atoms with Crippen molar-refractivity contribution in [1.29, 1.82) is 0 Å². The number of hydrogen-bond acceptors (Lipinski definition) is 6. The number of esters is 1. The molecule has 2 heterocycles. The summed E-state index contributed by atoms with van der Waals surface area (Å²) in [5.41, 5.74) is 2.91. The minimum atomic E-state index is -0.682. The lowest BCUT2D eigenvalue weighted by atomic mass is 9.83. The van der Waals surface area contributed by atoms with E-state index >= 15 is 0 Å². The number of rotatable bonds is 3. The number of carbonyl (C=O) groups excluding carboxylic acids is 2. The van der Waals surface area contributed by atoms with Crippen molar-refractivity contribution < 1.29 is 14.3 Å². The number of para-hydroxylation sites is 1. The molecule has 2 aliphatic rings. The first-order valence-electron chi connectivity index (χ1n) is 10.3. The Morgan fingerprint density at radius 3 is 2.34 bits per heavy atom. The van der Waals surface area contributed by atoms with Crippen molar-refractivity contribution in [3.05, 3.63) is 74.9 Å². The van der Waals surface area contributed by atoms with Gasteiger partial charge in [-0.15, -0.1) is 0 Å². The molecular weight excluding hydrogens is 458 g/mol. The lowest BCUT2D eigenvalue weighted by Crippen LogP contribution is -2.55. The maximum absolute atomic E-state index is 12.8. The van der Waals surface area contributed by atoms with Gasteiger partial charge in [0.2, 0.25) is 5.91 Å². The van der Waals surface area contributed by atoms with Crippen molar-refractivity contribution in [2.24, 2.45) is 0 Å². The quantitative estimate of drug-likeness (QED) is 0.292. The number of fused-ring (bicyclic) bond motifs is 1. The molecule has 4 rings (SSSR count). The van der Waals surface area contributed by atoms with E-state index in [1.54, 1.807) is 30.5 Å². The van der Waals surface area contributed by atoms with Crippen LogP contribution in [-0.4, -0.2) is 28.9 Å². The molecule has 32 heavy (non-hydrogen) atoms. The lowest BCUT2D eigenvalue weighted by molar-refractivity contribution is -0.137. The standard InChI is InChI=1S/C25H23NO3S3/c1-5-29-23(28)21-20(16-11-7-6-8-12-16)31-24(32-21)19-17-13-9-10-14-18(17)26(15(2)27)25(3,4)22(19)30/h6-14H,5H2,1-4H3. The van der Waals surface area contributed by atoms with Crippen LogP contribution in [0.3, 0.4) is 0 Å². The van der Waals surface area contributed by atoms with Gasteiger partial charge in [-0.05, 0) is 32.4 Å². The van der Waals surface area contributed by atoms with E-state index in [2.05, 4.69) is 0 Å². The molecule has 0 fully saturated rings. The molecule has 164 valence electrons. The first kappa shape index (κ1) is 22.8. The molecule has 1 amide bonds. The second kappa shape index (κ2) is 8.89. The van der Waals surface area contributed by atoms with Gasteiger partial charge in [-0.2, -0.15) is 0 Å². The van der Waals surface area contributed by atoms with Crippen LogP contribution in [0.2, 0.25) is 0 Å². The molecule has 0 spiro atoms. The Hall–Kier alpha value is -2.35. The molecule has 2 aromatic rings. The average Bonchev–Trinajstić information content (AvgIpc) is 3.20. The first-order valence-corrected chi connectivity index (χ1v) is 12.3. The van der Waals surface area contributed by atoms with Crippen molar-refractivity contribution in [2.45, 2.75) is 33.2 Å². The summed E-state index contributed by atoms with van der Waals surface area (Å²) in [6.07, 6.45) is 0. The topological polar surface area (TPSA) is 46.6 Å². The number of nitrogens with zero attached hydrogens (tertiary/aromatic N) is 1. The van der Waals surface area contributed by atoms with E-state index in [-0.39, 0.29) is 11.9 Å². The normalized spacial score (nSPS) is 19.8. The second-order valence-electron chi connectivity index (χ2n) is 7.87. The zero-order chi connectivity index (χ0) is 23.0. The van der Waals surface area contributed by atoms with E-state index in [0.717, 1.165) is 31.5 Å². The van der Waals surface area contributed by atoms with Crippen LogP contribution in [0.4, 0.5) is 5.69 Å². The Balaban J connectivity index is 1.90. The Morgan fingerprint density at radius 1 is 1.03 bits per heavy atom. The lowest BCUT2D eigenvalue weighted by Gasteiger charge is -2.44. The molecule has 0 radical (unpaired) electrons. The van der Waals surface area contributed by atoms with Gasteiger partial charge in [0.15, 0.2) is 0 Å². The number of anilines is 1. The number of benzene rings is 2. The van der Waals surface area contributed by atoms with Gasteiger partial charge >= 0.3 is 5.97 Å². The molecule has 0 aromatic heterocycles. The van der Waals surface area contributed by atoms with Crippen molar-refractivity contribution in [3.63, 3.8) is 0 Å². The van der Waals surface area contributed by atoms with E-state index in [1.807, 2.05) is 68.4 Å². The third kappa shape index (κ3) is 3.83. The van der Waals surface area contributed by atoms with Crippen molar-refractivity contribution in [2.75, 3.05) is 11.5 Å². The molecule has 7 heteroatoms. The smallest absolute Gasteiger partial charge is 0.346 e. The third-order valence-corrected chi connectivity index (χ3v) is 8.70. The highest BCUT2D eigenvalue weighted by molar-refractivity contribution is 8.32. The average molecular weight is 482 g/mol. The molecule has 4 nitrogen and oxygen atoms in total. The van der Waals surface area contributed by atoms with Gasteiger partial charge < -0.3 is 9.64 Å². The molecule has 0 atom stereocenters. The Labute approximate surface area is 202 Å². The van der Waals surface area contributed by atoms with Crippen LogP contribution in [0.15, 0.2) is 63.7 Å². The van der Waals surface area contributed by atoms with Crippen LogP contribution in [0, 0.1) is 0 Å². The van der Waals surface area contributed by atoms with Gasteiger partial charge in [0, 0.05) is 23.0 Å². The van der Waals surface area contributed by atoms with Gasteiger partial charge in [-0.25, -0.2) is 4.79 Å². The van der Waals surface area contributed by atoms with Gasteiger partial charge in [-0.3, -0.25) is 4.79 Å². The zero-order valence-electron chi connectivity index (χ0n) is 18.3. The molecule has 0 bridgehead atoms. The van der Waals surface area contributed by atoms with Crippen molar-refractivity contribution >= 4 is 68.6 Å². The van der Waals surface area contributed by atoms with Crippen LogP contribution in [0.1, 0.15) is 38.8 Å². The number of hydrogen-bond donors (Lipinski definition) is 0. The summed E-state index contributed by atoms with van der Waals surface area (Å²) in [5.74, 6) is -0.394. The predicted octanol–water partition coefficient (Wildman–Crippen LogP) is 6.28. The minimum Gasteiger partial charge on any atom is -0.462 e. The summed E-state index contributed by atoms with van der Waals surface area (Å²) in [6.45, 7) is 7.61. The molecule has 0 saturated heterocycles. The largest absolute Gasteiger partial charge is 0.462 e. The molecule has 2 aliphatic heterocycles.